The number of fused-ring (bicyclic) bond motifs is 1. The molecule has 3 N–H and O–H groups in total. The fourth-order valence-electron chi connectivity index (χ4n) is 2.88. The van der Waals surface area contributed by atoms with E-state index in [1.165, 1.54) is 22.3 Å². The summed E-state index contributed by atoms with van der Waals surface area (Å²) in [7, 11) is 0. The third-order valence-electron chi connectivity index (χ3n) is 4.13. The molecule has 0 amide bonds. The molecular formula is C17H21N3O. The van der Waals surface area contributed by atoms with Crippen LogP contribution in [0, 0.1) is 6.92 Å². The molecule has 110 valence electrons. The van der Waals surface area contributed by atoms with E-state index in [4.69, 9.17) is 10.6 Å². The topological polar surface area (TPSA) is 60.2 Å². The summed E-state index contributed by atoms with van der Waals surface area (Å²) in [5.41, 5.74) is 7.96. The van der Waals surface area contributed by atoms with Gasteiger partial charge >= 0.3 is 0 Å². The summed E-state index contributed by atoms with van der Waals surface area (Å²) in [5.74, 6) is 6.77. The molecule has 2 heterocycles. The molecule has 0 spiro atoms. The summed E-state index contributed by atoms with van der Waals surface area (Å²) in [4.78, 5) is 4.20. The molecule has 0 saturated heterocycles. The number of aryl methyl sites for hydroxylation is 2. The van der Waals surface area contributed by atoms with Crippen molar-refractivity contribution in [3.8, 4) is 5.75 Å². The Labute approximate surface area is 125 Å². The molecule has 2 aromatic rings. The van der Waals surface area contributed by atoms with Gasteiger partial charge in [0.1, 0.15) is 5.75 Å². The lowest BCUT2D eigenvalue weighted by molar-refractivity contribution is 0.357. The van der Waals surface area contributed by atoms with E-state index in [0.717, 1.165) is 31.6 Å². The molecule has 0 fully saturated rings. The van der Waals surface area contributed by atoms with Gasteiger partial charge in [-0.2, -0.15) is 0 Å². The average Bonchev–Trinajstić information content (AvgIpc) is 2.97. The molecule has 1 atom stereocenters. The number of rotatable bonds is 5. The molecule has 21 heavy (non-hydrogen) atoms. The molecule has 0 aliphatic carbocycles. The highest BCUT2D eigenvalue weighted by Gasteiger charge is 2.15. The van der Waals surface area contributed by atoms with Gasteiger partial charge in [-0.3, -0.25) is 16.3 Å². The first-order chi connectivity index (χ1) is 10.3. The maximum absolute atomic E-state index is 5.73. The van der Waals surface area contributed by atoms with Crippen molar-refractivity contribution in [1.82, 2.24) is 10.4 Å². The Bertz CT molecular complexity index is 627. The molecule has 4 nitrogen and oxygen atoms in total. The van der Waals surface area contributed by atoms with E-state index in [1.54, 1.807) is 0 Å². The maximum Gasteiger partial charge on any atom is 0.122 e. The SMILES string of the molecule is Cc1ccncc1C(CCc1ccc2c(c1)CCO2)NN. The lowest BCUT2D eigenvalue weighted by Gasteiger charge is -2.18. The first kappa shape index (κ1) is 14.0. The van der Waals surface area contributed by atoms with Crippen LogP contribution in [0.15, 0.2) is 36.7 Å². The second-order valence-corrected chi connectivity index (χ2v) is 5.53. The number of hydrogen-bond acceptors (Lipinski definition) is 4. The zero-order valence-electron chi connectivity index (χ0n) is 12.3. The number of benzene rings is 1. The first-order valence-electron chi connectivity index (χ1n) is 7.39. The Kier molecular flexibility index (Phi) is 4.18. The minimum Gasteiger partial charge on any atom is -0.493 e. The van der Waals surface area contributed by atoms with Gasteiger partial charge in [-0.05, 0) is 54.2 Å². The van der Waals surface area contributed by atoms with Crippen LogP contribution in [0.3, 0.4) is 0 Å². The number of hydrazine groups is 1. The monoisotopic (exact) mass is 283 g/mol. The molecule has 1 aromatic heterocycles. The van der Waals surface area contributed by atoms with Crippen molar-refractivity contribution < 1.29 is 4.74 Å². The largest absolute Gasteiger partial charge is 0.493 e. The van der Waals surface area contributed by atoms with Crippen LogP contribution in [0.1, 0.15) is 34.7 Å². The van der Waals surface area contributed by atoms with Crippen molar-refractivity contribution >= 4 is 0 Å². The molecule has 0 bridgehead atoms. The van der Waals surface area contributed by atoms with Gasteiger partial charge in [0.25, 0.3) is 0 Å². The van der Waals surface area contributed by atoms with Gasteiger partial charge in [0.15, 0.2) is 0 Å². The van der Waals surface area contributed by atoms with Crippen molar-refractivity contribution in [3.05, 3.63) is 58.9 Å². The third kappa shape index (κ3) is 3.06. The Balaban J connectivity index is 1.70. The lowest BCUT2D eigenvalue weighted by atomic mass is 9.97. The summed E-state index contributed by atoms with van der Waals surface area (Å²) >= 11 is 0. The van der Waals surface area contributed by atoms with Crippen LogP contribution in [0.4, 0.5) is 0 Å². The highest BCUT2D eigenvalue weighted by atomic mass is 16.5. The van der Waals surface area contributed by atoms with Gasteiger partial charge in [0.2, 0.25) is 0 Å². The van der Waals surface area contributed by atoms with E-state index in [1.807, 2.05) is 18.5 Å². The number of ether oxygens (including phenoxy) is 1. The van der Waals surface area contributed by atoms with Crippen LogP contribution in [0.2, 0.25) is 0 Å². The van der Waals surface area contributed by atoms with E-state index in [2.05, 4.69) is 35.5 Å². The van der Waals surface area contributed by atoms with E-state index in [9.17, 15) is 0 Å². The van der Waals surface area contributed by atoms with E-state index < -0.39 is 0 Å². The number of nitrogens with one attached hydrogen (secondary N) is 1. The van der Waals surface area contributed by atoms with Crippen LogP contribution in [0.5, 0.6) is 5.75 Å². The van der Waals surface area contributed by atoms with Crippen molar-refractivity contribution in [2.45, 2.75) is 32.2 Å². The average molecular weight is 283 g/mol. The van der Waals surface area contributed by atoms with Gasteiger partial charge in [-0.15, -0.1) is 0 Å². The van der Waals surface area contributed by atoms with Gasteiger partial charge < -0.3 is 4.74 Å². The molecule has 1 aromatic carbocycles. The molecular weight excluding hydrogens is 262 g/mol. The fraction of sp³-hybridized carbons (Fsp3) is 0.353. The van der Waals surface area contributed by atoms with E-state index >= 15 is 0 Å². The Morgan fingerprint density at radius 3 is 3.10 bits per heavy atom. The summed E-state index contributed by atoms with van der Waals surface area (Å²) < 4.78 is 5.54. The number of aromatic nitrogens is 1. The van der Waals surface area contributed by atoms with E-state index in [-0.39, 0.29) is 6.04 Å². The van der Waals surface area contributed by atoms with Gasteiger partial charge in [0, 0.05) is 24.9 Å². The minimum absolute atomic E-state index is 0.128. The third-order valence-corrected chi connectivity index (χ3v) is 4.13. The molecule has 1 unspecified atom stereocenters. The second-order valence-electron chi connectivity index (χ2n) is 5.53. The highest BCUT2D eigenvalue weighted by molar-refractivity contribution is 5.40. The minimum atomic E-state index is 0.128. The second kappa shape index (κ2) is 6.24. The van der Waals surface area contributed by atoms with E-state index in [0.29, 0.717) is 0 Å². The maximum atomic E-state index is 5.73. The number of nitrogens with two attached hydrogens (primary N) is 1. The zero-order valence-corrected chi connectivity index (χ0v) is 12.3. The molecule has 0 radical (unpaired) electrons. The lowest BCUT2D eigenvalue weighted by Crippen LogP contribution is -2.29. The van der Waals surface area contributed by atoms with Crippen molar-refractivity contribution in [1.29, 1.82) is 0 Å². The van der Waals surface area contributed by atoms with Crippen molar-refractivity contribution in [3.63, 3.8) is 0 Å². The van der Waals surface area contributed by atoms with Crippen LogP contribution in [-0.4, -0.2) is 11.6 Å². The van der Waals surface area contributed by atoms with Crippen LogP contribution >= 0.6 is 0 Å². The molecule has 1 aliphatic rings. The first-order valence-corrected chi connectivity index (χ1v) is 7.39. The molecule has 3 rings (SSSR count). The van der Waals surface area contributed by atoms with Crippen LogP contribution in [0.25, 0.3) is 0 Å². The number of nitrogens with zero attached hydrogens (tertiary/aromatic N) is 1. The molecule has 1 aliphatic heterocycles. The van der Waals surface area contributed by atoms with Crippen molar-refractivity contribution in [2.75, 3.05) is 6.61 Å². The highest BCUT2D eigenvalue weighted by Crippen LogP contribution is 2.27. The summed E-state index contributed by atoms with van der Waals surface area (Å²) in [6.45, 7) is 2.90. The summed E-state index contributed by atoms with van der Waals surface area (Å²) in [6, 6.07) is 8.63. The van der Waals surface area contributed by atoms with Crippen molar-refractivity contribution in [2.24, 2.45) is 5.84 Å². The normalized spacial score (nSPS) is 14.6. The number of hydrogen-bond donors (Lipinski definition) is 2. The van der Waals surface area contributed by atoms with Gasteiger partial charge in [-0.25, -0.2) is 0 Å². The zero-order chi connectivity index (χ0) is 14.7. The van der Waals surface area contributed by atoms with Crippen LogP contribution < -0.4 is 16.0 Å². The predicted octanol–water partition coefficient (Wildman–Crippen LogP) is 2.46. The fourth-order valence-corrected chi connectivity index (χ4v) is 2.88. The van der Waals surface area contributed by atoms with Gasteiger partial charge in [0.05, 0.1) is 6.61 Å². The Hall–Kier alpha value is -1.91. The predicted molar refractivity (Wildman–Crippen MR) is 83.0 cm³/mol. The molecule has 0 saturated carbocycles. The standard InChI is InChI=1S/C17H21N3O/c1-12-6-8-19-11-15(12)16(20-18)4-2-13-3-5-17-14(10-13)7-9-21-17/h3,5-6,8,10-11,16,20H,2,4,7,9,18H2,1H3. The Morgan fingerprint density at radius 2 is 2.29 bits per heavy atom. The summed E-state index contributed by atoms with van der Waals surface area (Å²) in [6.07, 6.45) is 6.66. The Morgan fingerprint density at radius 1 is 1.38 bits per heavy atom. The summed E-state index contributed by atoms with van der Waals surface area (Å²) in [5, 5.41) is 0. The number of pyridine rings is 1. The van der Waals surface area contributed by atoms with Crippen LogP contribution in [-0.2, 0) is 12.8 Å². The molecule has 4 heteroatoms. The van der Waals surface area contributed by atoms with Gasteiger partial charge in [-0.1, -0.05) is 12.1 Å². The quantitative estimate of drug-likeness (QED) is 0.653. The smallest absolute Gasteiger partial charge is 0.122 e.